The summed E-state index contributed by atoms with van der Waals surface area (Å²) < 4.78 is 34.0. The molecule has 0 amide bonds. The maximum Gasteiger partial charge on any atom is 0.302 e. The zero-order valence-electron chi connectivity index (χ0n) is 52.5. The van der Waals surface area contributed by atoms with Gasteiger partial charge in [-0.15, -0.1) is 5.92 Å². The summed E-state index contributed by atoms with van der Waals surface area (Å²) in [4.78, 5) is 13.4. The summed E-state index contributed by atoms with van der Waals surface area (Å²) in [6.07, 6.45) is 17.0. The van der Waals surface area contributed by atoms with Gasteiger partial charge in [0.1, 0.15) is 42.0 Å². The van der Waals surface area contributed by atoms with Crippen LogP contribution in [-0.4, -0.2) is 102 Å². The lowest BCUT2D eigenvalue weighted by atomic mass is 9.64. The number of carbonyl (C=O) groups is 1. The van der Waals surface area contributed by atoms with Gasteiger partial charge < -0.3 is 65.8 Å². The molecule has 14 rings (SSSR count). The van der Waals surface area contributed by atoms with Gasteiger partial charge in [-0.2, -0.15) is 0 Å². The molecule has 5 aromatic rings. The standard InChI is InChI=1S/C76H84N4O10S2/c1-44(83)87-41-61-57-22-23-58-67-51(33-54(84)34-64(67)88-43-82)36-76-30-29-49(35-76)55(21-19-45-11-5-3-6-12-45)56-25-28-66(77)80-62(56)26-20-48-16-10-17-50(40-86-2)52(39-81)37-78-38-60-68(48)69(72(61)89-73(57)70(58)76)59-24-27-63-75(90-74(59)71(60)85)65(32-46-13-7-4-8-14-46)92-91-42-47-15-9-18-53(31-47)79-63/h3-8,11-14,22-25,27-28,33-34,47-50,52-53,55,61,63,65-66,72,75,78-82,84-85H,9,15,17-19,21,29-32,35-43,77H2,1-2H3/t47-,48+,49-,50-,52+,53+,55-,61+,63+,65+,66?,72+,75+,76+/m1/s1. The molecule has 14 nitrogen and oxygen atoms in total. The number of aliphatic hydroxyl groups excluding tert-OH is 2. The van der Waals surface area contributed by atoms with E-state index in [1.54, 1.807) is 13.2 Å². The normalized spacial score (nSPS) is 29.9. The number of benzene rings is 5. The van der Waals surface area contributed by atoms with Crippen LogP contribution < -0.4 is 35.9 Å². The van der Waals surface area contributed by atoms with Crippen molar-refractivity contribution in [2.75, 3.05) is 46.0 Å². The SMILES string of the molecule is COC[C@H]1CC#C[C@H]2C#CC3=C(C=CC(N)N3)[C@H](CCc3ccccc3)[C@@H]3CC[C@@]4(Cc5cc(O)cc(OCO)c5-c5ccc6c(c54)O[C@H](c4c5c(c(O)c(c42)CNC[C@H]1CO)O[C@H]1[C@H](C=C5)N[C@H]2CCC[C@@H](CSS[C@H]1Cc1ccccc1)C2)[C@H]6COC(C)=O)C3. The number of nitrogens with one attached hydrogen (secondary N) is 3. The maximum absolute atomic E-state index is 13.8. The number of aliphatic hydroxyl groups is 2. The number of hydrogen-bond donors (Lipinski definition) is 8. The number of fused-ring (bicyclic) bond motifs is 10. The van der Waals surface area contributed by atoms with Crippen molar-refractivity contribution in [2.45, 2.75) is 143 Å². The molecule has 6 bridgehead atoms. The van der Waals surface area contributed by atoms with Crippen molar-refractivity contribution in [3.8, 4) is 63.6 Å². The number of dihydropyridines is 1. The number of ether oxygens (including phenoxy) is 5. The van der Waals surface area contributed by atoms with Crippen molar-refractivity contribution in [1.29, 1.82) is 0 Å². The molecule has 3 fully saturated rings. The minimum absolute atomic E-state index is 0.00336. The van der Waals surface area contributed by atoms with Crippen LogP contribution in [0.5, 0.6) is 28.7 Å². The summed E-state index contributed by atoms with van der Waals surface area (Å²) in [5, 5.41) is 58.4. The minimum atomic E-state index is -0.879. The Kier molecular flexibility index (Phi) is 18.5. The Labute approximate surface area is 548 Å². The lowest BCUT2D eigenvalue weighted by molar-refractivity contribution is -0.141. The Hall–Kier alpha value is -6.83. The van der Waals surface area contributed by atoms with E-state index in [9.17, 15) is 25.2 Å². The predicted molar refractivity (Wildman–Crippen MR) is 361 cm³/mol. The van der Waals surface area contributed by atoms with Crippen molar-refractivity contribution in [3.05, 3.63) is 164 Å². The highest BCUT2D eigenvalue weighted by molar-refractivity contribution is 8.77. The number of aromatic hydroxyl groups is 2. The van der Waals surface area contributed by atoms with Gasteiger partial charge in [0.25, 0.3) is 0 Å². The second-order valence-corrected chi connectivity index (χ2v) is 29.6. The second-order valence-electron chi connectivity index (χ2n) is 26.9. The zero-order chi connectivity index (χ0) is 63.0. The Bertz CT molecular complexity index is 3820. The highest BCUT2D eigenvalue weighted by Gasteiger charge is 2.53. The average Bonchev–Trinajstić information content (AvgIpc) is 1.47. The van der Waals surface area contributed by atoms with Gasteiger partial charge in [-0.25, -0.2) is 0 Å². The molecule has 1 unspecified atom stereocenters. The highest BCUT2D eigenvalue weighted by atomic mass is 33.1. The molecule has 480 valence electrons. The third-order valence-electron chi connectivity index (χ3n) is 21.3. The summed E-state index contributed by atoms with van der Waals surface area (Å²) in [6, 6.07) is 28.9. The molecule has 0 aromatic heterocycles. The van der Waals surface area contributed by atoms with Crippen LogP contribution in [-0.2, 0) is 45.5 Å². The number of rotatable bonds is 12. The molecule has 1 saturated heterocycles. The topological polar surface area (TPSA) is 206 Å². The number of carbonyl (C=O) groups excluding carboxylic acids is 1. The van der Waals surface area contributed by atoms with E-state index in [0.717, 1.165) is 108 Å². The van der Waals surface area contributed by atoms with Gasteiger partial charge in [0.2, 0.25) is 0 Å². The van der Waals surface area contributed by atoms with Crippen LogP contribution in [0.2, 0.25) is 0 Å². The molecule has 9 N–H and O–H groups in total. The van der Waals surface area contributed by atoms with Gasteiger partial charge in [-0.05, 0) is 139 Å². The van der Waals surface area contributed by atoms with E-state index in [0.29, 0.717) is 65.9 Å². The highest BCUT2D eigenvalue weighted by Crippen LogP contribution is 2.64. The molecule has 2 saturated carbocycles. The third kappa shape index (κ3) is 12.4. The van der Waals surface area contributed by atoms with Crippen LogP contribution >= 0.6 is 21.6 Å². The first-order chi connectivity index (χ1) is 45.0. The molecular weight excluding hydrogens is 1190 g/mol. The number of aryl methyl sites for hydroxylation is 1. The van der Waals surface area contributed by atoms with Crippen LogP contribution in [0.4, 0.5) is 0 Å². The number of methoxy groups -OCH3 is 1. The molecule has 16 heteroatoms. The Morgan fingerprint density at radius 3 is 2.54 bits per heavy atom. The van der Waals surface area contributed by atoms with Gasteiger partial charge in [0, 0.05) is 103 Å². The van der Waals surface area contributed by atoms with Gasteiger partial charge in [0.05, 0.1) is 35.7 Å². The van der Waals surface area contributed by atoms with Crippen molar-refractivity contribution in [1.82, 2.24) is 16.0 Å². The maximum atomic E-state index is 13.8. The molecule has 6 heterocycles. The van der Waals surface area contributed by atoms with Gasteiger partial charge in [-0.3, -0.25) is 4.79 Å². The largest absolute Gasteiger partial charge is 0.508 e. The van der Waals surface area contributed by atoms with E-state index < -0.39 is 48.4 Å². The molecule has 92 heavy (non-hydrogen) atoms. The van der Waals surface area contributed by atoms with Gasteiger partial charge in [0.15, 0.2) is 18.3 Å². The molecule has 3 aliphatic carbocycles. The van der Waals surface area contributed by atoms with Crippen LogP contribution in [0.15, 0.2) is 114 Å². The molecule has 5 aromatic carbocycles. The number of nitrogens with two attached hydrogens (primary N) is 1. The fraction of sp³-hybridized carbons (Fsp3) is 0.461. The summed E-state index contributed by atoms with van der Waals surface area (Å²) in [6.45, 7) is 1.62. The average molecular weight is 1280 g/mol. The van der Waals surface area contributed by atoms with E-state index >= 15 is 0 Å². The number of phenols is 2. The summed E-state index contributed by atoms with van der Waals surface area (Å²) >= 11 is 0. The van der Waals surface area contributed by atoms with Crippen molar-refractivity contribution in [2.24, 2.45) is 35.3 Å². The molecule has 9 aliphatic rings. The monoisotopic (exact) mass is 1280 g/mol. The van der Waals surface area contributed by atoms with Gasteiger partial charge >= 0.3 is 5.97 Å². The van der Waals surface area contributed by atoms with Crippen molar-refractivity contribution >= 4 is 33.6 Å². The van der Waals surface area contributed by atoms with Crippen LogP contribution in [0.3, 0.4) is 0 Å². The van der Waals surface area contributed by atoms with Crippen molar-refractivity contribution in [3.63, 3.8) is 0 Å². The van der Waals surface area contributed by atoms with E-state index in [1.807, 2.05) is 33.7 Å². The van der Waals surface area contributed by atoms with E-state index in [1.165, 1.54) is 24.5 Å². The Morgan fingerprint density at radius 1 is 0.902 bits per heavy atom. The lowest BCUT2D eigenvalue weighted by Crippen LogP contribution is -2.52. The van der Waals surface area contributed by atoms with Crippen LogP contribution in [0, 0.1) is 53.3 Å². The number of hydrogen-bond acceptors (Lipinski definition) is 16. The Morgan fingerprint density at radius 2 is 1.74 bits per heavy atom. The first-order valence-corrected chi connectivity index (χ1v) is 35.6. The third-order valence-corrected chi connectivity index (χ3v) is 24.2. The summed E-state index contributed by atoms with van der Waals surface area (Å²) in [7, 11) is 5.50. The molecule has 0 radical (unpaired) electrons. The molecule has 6 aliphatic heterocycles. The molecule has 1 spiro atoms. The quantitative estimate of drug-likeness (QED) is 0.0253. The smallest absolute Gasteiger partial charge is 0.302 e. The van der Waals surface area contributed by atoms with Crippen LogP contribution in [0.1, 0.15) is 133 Å². The van der Waals surface area contributed by atoms with Crippen molar-refractivity contribution < 1.29 is 48.9 Å². The first-order valence-electron chi connectivity index (χ1n) is 33.2. The predicted octanol–water partition coefficient (Wildman–Crippen LogP) is 11.2. The minimum Gasteiger partial charge on any atom is -0.508 e. The van der Waals surface area contributed by atoms with E-state index in [-0.39, 0.29) is 72.3 Å². The summed E-state index contributed by atoms with van der Waals surface area (Å²) in [5.74, 6) is 15.8. The molecule has 14 atom stereocenters. The number of esters is 1. The number of phenolic OH excluding ortho intramolecular Hbond substituents is 2. The number of allylic oxidation sites excluding steroid dienone is 3. The van der Waals surface area contributed by atoms with E-state index in [2.05, 4.69) is 131 Å². The molecular formula is C76H84N4O10S2. The fourth-order valence-electron chi connectivity index (χ4n) is 17.0. The first kappa shape index (κ1) is 62.6. The second kappa shape index (κ2) is 27.3. The van der Waals surface area contributed by atoms with Gasteiger partial charge in [-0.1, -0.05) is 131 Å². The van der Waals surface area contributed by atoms with E-state index in [4.69, 9.17) is 29.4 Å². The Balaban J connectivity index is 1.06. The summed E-state index contributed by atoms with van der Waals surface area (Å²) in [5.41, 5.74) is 17.7. The lowest BCUT2D eigenvalue weighted by Gasteiger charge is -2.40. The van der Waals surface area contributed by atoms with Crippen LogP contribution in [0.25, 0.3) is 17.2 Å². The zero-order valence-corrected chi connectivity index (χ0v) is 54.1. The fourth-order valence-corrected chi connectivity index (χ4v) is 20.2.